The van der Waals surface area contributed by atoms with E-state index in [1.807, 2.05) is 30.3 Å². The van der Waals surface area contributed by atoms with E-state index in [9.17, 15) is 13.2 Å². The molecule has 7 heteroatoms. The van der Waals surface area contributed by atoms with Gasteiger partial charge in [-0.15, -0.1) is 0 Å². The molecular formula is C19H20ClNO4S. The second kappa shape index (κ2) is 8.10. The number of carbonyl (C=O) groups is 1. The molecule has 0 aliphatic carbocycles. The molecule has 0 radical (unpaired) electrons. The number of carbonyl (C=O) groups excluding carboxylic acids is 1. The van der Waals surface area contributed by atoms with Crippen LogP contribution in [0.15, 0.2) is 54.6 Å². The number of hydrogen-bond donors (Lipinski definition) is 0. The molecule has 1 saturated heterocycles. The summed E-state index contributed by atoms with van der Waals surface area (Å²) >= 11 is 5.82. The molecule has 1 aliphatic heterocycles. The van der Waals surface area contributed by atoms with E-state index in [0.717, 1.165) is 5.56 Å². The number of nitrogens with zero attached hydrogens (tertiary/aromatic N) is 1. The Labute approximate surface area is 158 Å². The van der Waals surface area contributed by atoms with Gasteiger partial charge in [-0.3, -0.25) is 4.79 Å². The molecule has 0 bridgehead atoms. The van der Waals surface area contributed by atoms with E-state index in [0.29, 0.717) is 23.7 Å². The predicted molar refractivity (Wildman–Crippen MR) is 101 cm³/mol. The average molecular weight is 394 g/mol. The number of ether oxygens (including phenoxy) is 1. The third kappa shape index (κ3) is 4.56. The second-order valence-electron chi connectivity index (χ2n) is 6.18. The molecule has 5 nitrogen and oxygen atoms in total. The highest BCUT2D eigenvalue weighted by Crippen LogP contribution is 2.29. The van der Waals surface area contributed by atoms with Gasteiger partial charge in [-0.05, 0) is 36.2 Å². The van der Waals surface area contributed by atoms with Crippen LogP contribution < -0.4 is 4.74 Å². The largest absolute Gasteiger partial charge is 0.484 e. The first-order valence-corrected chi connectivity index (χ1v) is 10.5. The molecule has 2 aromatic rings. The smallest absolute Gasteiger partial charge is 0.260 e. The van der Waals surface area contributed by atoms with E-state index in [1.54, 1.807) is 29.2 Å². The van der Waals surface area contributed by atoms with Gasteiger partial charge in [0.25, 0.3) is 5.91 Å². The molecule has 0 aromatic heterocycles. The number of hydrogen-bond acceptors (Lipinski definition) is 4. The fourth-order valence-corrected chi connectivity index (χ4v) is 4.92. The van der Waals surface area contributed by atoms with Gasteiger partial charge in [0.2, 0.25) is 0 Å². The monoisotopic (exact) mass is 393 g/mol. The SMILES string of the molecule is O=C(COc1ccc(Cl)cc1)N1CC[C@H](c2ccccc2)S(=O)(=O)CC1. The van der Waals surface area contributed by atoms with Gasteiger partial charge in [-0.2, -0.15) is 0 Å². The van der Waals surface area contributed by atoms with Crippen molar-refractivity contribution in [3.05, 3.63) is 65.2 Å². The maximum Gasteiger partial charge on any atom is 0.260 e. The van der Waals surface area contributed by atoms with Crippen LogP contribution in [0.1, 0.15) is 17.2 Å². The summed E-state index contributed by atoms with van der Waals surface area (Å²) in [6.07, 6.45) is 0.388. The Morgan fingerprint density at radius 2 is 1.77 bits per heavy atom. The third-order valence-electron chi connectivity index (χ3n) is 4.44. The number of halogens is 1. The Morgan fingerprint density at radius 1 is 1.08 bits per heavy atom. The molecule has 0 saturated carbocycles. The highest BCUT2D eigenvalue weighted by molar-refractivity contribution is 7.91. The van der Waals surface area contributed by atoms with E-state index in [-0.39, 0.29) is 24.8 Å². The lowest BCUT2D eigenvalue weighted by molar-refractivity contribution is -0.133. The van der Waals surface area contributed by atoms with Crippen molar-refractivity contribution in [3.63, 3.8) is 0 Å². The molecule has 3 rings (SSSR count). The lowest BCUT2D eigenvalue weighted by Gasteiger charge is -2.20. The molecule has 1 aliphatic rings. The molecule has 1 atom stereocenters. The van der Waals surface area contributed by atoms with Gasteiger partial charge < -0.3 is 9.64 Å². The predicted octanol–water partition coefficient (Wildman–Crippen LogP) is 3.11. The first kappa shape index (κ1) is 18.7. The van der Waals surface area contributed by atoms with Crippen LogP contribution >= 0.6 is 11.6 Å². The van der Waals surface area contributed by atoms with Crippen molar-refractivity contribution in [3.8, 4) is 5.75 Å². The highest BCUT2D eigenvalue weighted by atomic mass is 35.5. The molecule has 1 heterocycles. The highest BCUT2D eigenvalue weighted by Gasteiger charge is 2.32. The van der Waals surface area contributed by atoms with Crippen molar-refractivity contribution < 1.29 is 17.9 Å². The molecule has 1 fully saturated rings. The minimum atomic E-state index is -3.30. The molecule has 0 spiro atoms. The van der Waals surface area contributed by atoms with E-state index >= 15 is 0 Å². The summed E-state index contributed by atoms with van der Waals surface area (Å²) in [7, 11) is -3.30. The lowest BCUT2D eigenvalue weighted by atomic mass is 10.1. The van der Waals surface area contributed by atoms with Crippen LogP contribution in [0.3, 0.4) is 0 Å². The topological polar surface area (TPSA) is 63.7 Å². The molecule has 0 unspecified atom stereocenters. The van der Waals surface area contributed by atoms with Crippen LogP contribution in [0, 0.1) is 0 Å². The first-order valence-electron chi connectivity index (χ1n) is 8.38. The Balaban J connectivity index is 1.63. The summed E-state index contributed by atoms with van der Waals surface area (Å²) < 4.78 is 30.7. The molecule has 1 amide bonds. The fraction of sp³-hybridized carbons (Fsp3) is 0.316. The van der Waals surface area contributed by atoms with E-state index in [2.05, 4.69) is 0 Å². The molecule has 138 valence electrons. The number of rotatable bonds is 4. The van der Waals surface area contributed by atoms with Gasteiger partial charge in [0.15, 0.2) is 16.4 Å². The zero-order valence-corrected chi connectivity index (χ0v) is 15.7. The lowest BCUT2D eigenvalue weighted by Crippen LogP contribution is -2.37. The van der Waals surface area contributed by atoms with Crippen molar-refractivity contribution in [1.82, 2.24) is 4.90 Å². The fourth-order valence-electron chi connectivity index (χ4n) is 3.00. The molecule has 0 N–H and O–H groups in total. The van der Waals surface area contributed by atoms with Gasteiger partial charge in [0.1, 0.15) is 5.75 Å². The summed E-state index contributed by atoms with van der Waals surface area (Å²) in [5.41, 5.74) is 0.777. The van der Waals surface area contributed by atoms with Crippen LogP contribution in [0.5, 0.6) is 5.75 Å². The second-order valence-corrected chi connectivity index (χ2v) is 8.92. The minimum Gasteiger partial charge on any atom is -0.484 e. The summed E-state index contributed by atoms with van der Waals surface area (Å²) in [5.74, 6) is 0.287. The Kier molecular flexibility index (Phi) is 5.84. The van der Waals surface area contributed by atoms with Crippen LogP contribution in [0.4, 0.5) is 0 Å². The number of sulfone groups is 1. The molecule has 2 aromatic carbocycles. The van der Waals surface area contributed by atoms with Crippen molar-refractivity contribution in [2.45, 2.75) is 11.7 Å². The van der Waals surface area contributed by atoms with Crippen LogP contribution in [-0.4, -0.2) is 44.7 Å². The van der Waals surface area contributed by atoms with Gasteiger partial charge in [0.05, 0.1) is 11.0 Å². The zero-order valence-electron chi connectivity index (χ0n) is 14.2. The van der Waals surface area contributed by atoms with Gasteiger partial charge in [-0.25, -0.2) is 8.42 Å². The maximum atomic E-state index is 12.6. The van der Waals surface area contributed by atoms with E-state index in [1.165, 1.54) is 0 Å². The number of amides is 1. The van der Waals surface area contributed by atoms with Crippen LogP contribution in [0.25, 0.3) is 0 Å². The van der Waals surface area contributed by atoms with Crippen LogP contribution in [-0.2, 0) is 14.6 Å². The van der Waals surface area contributed by atoms with E-state index in [4.69, 9.17) is 16.3 Å². The summed E-state index contributed by atoms with van der Waals surface area (Å²) in [6, 6.07) is 15.9. The molecule has 26 heavy (non-hydrogen) atoms. The Hall–Kier alpha value is -2.05. The van der Waals surface area contributed by atoms with Crippen molar-refractivity contribution in [2.75, 3.05) is 25.4 Å². The van der Waals surface area contributed by atoms with Crippen molar-refractivity contribution in [2.24, 2.45) is 0 Å². The maximum absolute atomic E-state index is 12.6. The Morgan fingerprint density at radius 3 is 2.46 bits per heavy atom. The van der Waals surface area contributed by atoms with Crippen molar-refractivity contribution in [1.29, 1.82) is 0 Å². The summed E-state index contributed by atoms with van der Waals surface area (Å²) in [5, 5.41) is 0.0204. The quantitative estimate of drug-likeness (QED) is 0.800. The van der Waals surface area contributed by atoms with Gasteiger partial charge >= 0.3 is 0 Å². The summed E-state index contributed by atoms with van der Waals surface area (Å²) in [4.78, 5) is 14.0. The minimum absolute atomic E-state index is 0.0424. The van der Waals surface area contributed by atoms with Crippen molar-refractivity contribution >= 4 is 27.3 Å². The van der Waals surface area contributed by atoms with Crippen LogP contribution in [0.2, 0.25) is 5.02 Å². The average Bonchev–Trinajstić information content (AvgIpc) is 2.80. The zero-order chi connectivity index (χ0) is 18.6. The standard InChI is InChI=1S/C19H20ClNO4S/c20-16-6-8-17(9-7-16)25-14-19(22)21-11-10-18(26(23,24)13-12-21)15-4-2-1-3-5-15/h1-9,18H,10-14H2/t18-/m1/s1. The number of benzene rings is 2. The van der Waals surface area contributed by atoms with E-state index < -0.39 is 15.1 Å². The molecular weight excluding hydrogens is 374 g/mol. The van der Waals surface area contributed by atoms with Gasteiger partial charge in [0, 0.05) is 18.1 Å². The first-order chi connectivity index (χ1) is 12.5. The normalized spacial score (nSPS) is 19.6. The Bertz CT molecular complexity index is 853. The summed E-state index contributed by atoms with van der Waals surface area (Å²) in [6.45, 7) is 0.452. The van der Waals surface area contributed by atoms with Gasteiger partial charge in [-0.1, -0.05) is 41.9 Å². The third-order valence-corrected chi connectivity index (χ3v) is 6.82.